The van der Waals surface area contributed by atoms with Crippen LogP contribution < -0.4 is 0 Å². The SMILES string of the molecule is CC(C)C1=CC2CC3(C#N)[C@@H]4CC[C@@H](C)[C@H]4CC2(C2CCC(CN4CCN5CCCC5C4)O2)C13C(=O)O. The predicted molar refractivity (Wildman–Crippen MR) is 141 cm³/mol. The average molecular weight is 508 g/mol. The van der Waals surface area contributed by atoms with Gasteiger partial charge in [0.05, 0.1) is 23.7 Å². The molecular formula is C31H45N3O3. The molecule has 10 atom stereocenters. The number of carbonyl (C=O) groups is 1. The van der Waals surface area contributed by atoms with E-state index in [1.54, 1.807) is 0 Å². The molecule has 6 nitrogen and oxygen atoms in total. The van der Waals surface area contributed by atoms with E-state index in [-0.39, 0.29) is 30.0 Å². The van der Waals surface area contributed by atoms with Gasteiger partial charge < -0.3 is 9.84 Å². The first kappa shape index (κ1) is 24.6. The molecule has 7 rings (SSSR count). The molecule has 0 aromatic carbocycles. The summed E-state index contributed by atoms with van der Waals surface area (Å²) in [5, 5.41) is 22.2. The van der Waals surface area contributed by atoms with Crippen molar-refractivity contribution in [3.63, 3.8) is 0 Å². The second-order valence-corrected chi connectivity index (χ2v) is 14.2. The Kier molecular flexibility index (Phi) is 5.51. The van der Waals surface area contributed by atoms with E-state index >= 15 is 0 Å². The van der Waals surface area contributed by atoms with Gasteiger partial charge in [-0.2, -0.15) is 5.26 Å². The number of allylic oxidation sites excluding steroid dienone is 1. The molecule has 0 radical (unpaired) electrons. The molecule has 4 bridgehead atoms. The summed E-state index contributed by atoms with van der Waals surface area (Å²) >= 11 is 0. The lowest BCUT2D eigenvalue weighted by atomic mass is 9.41. The molecule has 4 aliphatic carbocycles. The van der Waals surface area contributed by atoms with Gasteiger partial charge in [0, 0.05) is 37.6 Å². The molecule has 3 saturated heterocycles. The molecule has 7 aliphatic rings. The van der Waals surface area contributed by atoms with Crippen LogP contribution in [0.4, 0.5) is 0 Å². The van der Waals surface area contributed by atoms with Crippen LogP contribution in [0.15, 0.2) is 11.6 Å². The van der Waals surface area contributed by atoms with Crippen molar-refractivity contribution < 1.29 is 14.6 Å². The summed E-state index contributed by atoms with van der Waals surface area (Å²) in [4.78, 5) is 19.0. The lowest BCUT2D eigenvalue weighted by Gasteiger charge is -2.59. The van der Waals surface area contributed by atoms with Crippen LogP contribution in [0.2, 0.25) is 0 Å². The Morgan fingerprint density at radius 2 is 2.03 bits per heavy atom. The molecule has 6 fully saturated rings. The van der Waals surface area contributed by atoms with E-state index in [0.717, 1.165) is 57.3 Å². The van der Waals surface area contributed by atoms with E-state index in [2.05, 4.69) is 42.7 Å². The molecule has 0 amide bonds. The number of hydrogen-bond acceptors (Lipinski definition) is 5. The predicted octanol–water partition coefficient (Wildman–Crippen LogP) is 4.56. The van der Waals surface area contributed by atoms with Crippen LogP contribution in [0, 0.1) is 57.2 Å². The maximum absolute atomic E-state index is 13.7. The summed E-state index contributed by atoms with van der Waals surface area (Å²) in [5.41, 5.74) is -1.34. The minimum Gasteiger partial charge on any atom is -0.481 e. The number of nitriles is 1. The van der Waals surface area contributed by atoms with Crippen molar-refractivity contribution in [2.75, 3.05) is 32.7 Å². The van der Waals surface area contributed by atoms with Crippen LogP contribution in [0.25, 0.3) is 0 Å². The number of carboxylic acid groups (broad SMARTS) is 1. The summed E-state index contributed by atoms with van der Waals surface area (Å²) in [6, 6.07) is 3.50. The van der Waals surface area contributed by atoms with Gasteiger partial charge in [-0.1, -0.05) is 38.8 Å². The molecular weight excluding hydrogens is 462 g/mol. The van der Waals surface area contributed by atoms with Gasteiger partial charge in [0.15, 0.2) is 0 Å². The molecule has 6 heteroatoms. The summed E-state index contributed by atoms with van der Waals surface area (Å²) in [6.45, 7) is 12.3. The summed E-state index contributed by atoms with van der Waals surface area (Å²) in [5.74, 6) is 0.729. The molecule has 3 heterocycles. The number of nitrogens with zero attached hydrogens (tertiary/aromatic N) is 3. The van der Waals surface area contributed by atoms with Crippen LogP contribution in [0.1, 0.15) is 72.1 Å². The highest BCUT2D eigenvalue weighted by Crippen LogP contribution is 2.84. The van der Waals surface area contributed by atoms with E-state index < -0.39 is 22.2 Å². The Bertz CT molecular complexity index is 1050. The summed E-state index contributed by atoms with van der Waals surface area (Å²) in [6.07, 6.45) is 10.8. The third-order valence-corrected chi connectivity index (χ3v) is 12.7. The molecule has 1 N–H and O–H groups in total. The monoisotopic (exact) mass is 507 g/mol. The van der Waals surface area contributed by atoms with Crippen molar-refractivity contribution in [2.24, 2.45) is 45.8 Å². The largest absolute Gasteiger partial charge is 0.481 e. The molecule has 202 valence electrons. The van der Waals surface area contributed by atoms with E-state index in [4.69, 9.17) is 4.74 Å². The van der Waals surface area contributed by atoms with Crippen LogP contribution in [0.3, 0.4) is 0 Å². The Labute approximate surface area is 222 Å². The fraction of sp³-hybridized carbons (Fsp3) is 0.871. The maximum atomic E-state index is 13.7. The first-order valence-electron chi connectivity index (χ1n) is 15.3. The minimum absolute atomic E-state index is 0.0668. The van der Waals surface area contributed by atoms with Gasteiger partial charge in [0.2, 0.25) is 0 Å². The molecule has 0 aromatic rings. The summed E-state index contributed by atoms with van der Waals surface area (Å²) in [7, 11) is 0. The number of carboxylic acids is 1. The fourth-order valence-electron chi connectivity index (χ4n) is 11.5. The van der Waals surface area contributed by atoms with Crippen molar-refractivity contribution in [1.82, 2.24) is 9.80 Å². The number of piperazine rings is 1. The maximum Gasteiger partial charge on any atom is 0.316 e. The number of ether oxygens (including phenoxy) is 1. The zero-order valence-corrected chi connectivity index (χ0v) is 23.0. The summed E-state index contributed by atoms with van der Waals surface area (Å²) < 4.78 is 7.03. The van der Waals surface area contributed by atoms with Crippen LogP contribution in [-0.2, 0) is 9.53 Å². The highest BCUT2D eigenvalue weighted by Gasteiger charge is 2.86. The molecule has 37 heavy (non-hydrogen) atoms. The number of rotatable bonds is 5. The molecule has 7 unspecified atom stereocenters. The highest BCUT2D eigenvalue weighted by molar-refractivity contribution is 5.86. The van der Waals surface area contributed by atoms with Crippen LogP contribution in [0.5, 0.6) is 0 Å². The van der Waals surface area contributed by atoms with Gasteiger partial charge >= 0.3 is 5.97 Å². The first-order valence-corrected chi connectivity index (χ1v) is 15.3. The Hall–Kier alpha value is -1.42. The number of hydrogen-bond donors (Lipinski definition) is 1. The zero-order valence-electron chi connectivity index (χ0n) is 23.0. The van der Waals surface area contributed by atoms with Gasteiger partial charge in [-0.3, -0.25) is 14.6 Å². The Balaban J connectivity index is 1.23. The zero-order chi connectivity index (χ0) is 25.7. The van der Waals surface area contributed by atoms with Crippen LogP contribution >= 0.6 is 0 Å². The van der Waals surface area contributed by atoms with Crippen molar-refractivity contribution in [3.8, 4) is 6.07 Å². The standard InChI is InChI=1S/C31H45N3O3/c1-19(2)26-13-21-14-29(18-32)25-8-6-20(3)24(25)15-30(21,31(26,29)28(35)36)27-9-7-23(37-27)17-33-11-12-34-10-4-5-22(34)16-33/h13,19-25,27H,4-12,14-17H2,1-3H3,(H,35,36)/t20-,21?,22?,23?,24-,25-,27?,29?,30?,31?/m1/s1. The van der Waals surface area contributed by atoms with E-state index in [9.17, 15) is 15.2 Å². The first-order chi connectivity index (χ1) is 17.8. The van der Waals surface area contributed by atoms with Crippen molar-refractivity contribution in [1.29, 1.82) is 5.26 Å². The molecule has 0 spiro atoms. The third-order valence-electron chi connectivity index (χ3n) is 12.7. The minimum atomic E-state index is -1.10. The van der Waals surface area contributed by atoms with Crippen molar-refractivity contribution in [2.45, 2.75) is 90.4 Å². The normalized spacial score (nSPS) is 50.8. The third kappa shape index (κ3) is 2.90. The van der Waals surface area contributed by atoms with Gasteiger partial charge in [0.1, 0.15) is 5.41 Å². The quantitative estimate of drug-likeness (QED) is 0.550. The van der Waals surface area contributed by atoms with Gasteiger partial charge in [-0.25, -0.2) is 0 Å². The second-order valence-electron chi connectivity index (χ2n) is 14.2. The lowest BCUT2D eigenvalue weighted by Crippen LogP contribution is -2.64. The van der Waals surface area contributed by atoms with E-state index in [1.807, 2.05) is 0 Å². The van der Waals surface area contributed by atoms with E-state index in [1.165, 1.54) is 25.9 Å². The molecule has 3 saturated carbocycles. The molecule has 0 aromatic heterocycles. The van der Waals surface area contributed by atoms with E-state index in [0.29, 0.717) is 24.3 Å². The highest BCUT2D eigenvalue weighted by atomic mass is 16.5. The molecule has 3 aliphatic heterocycles. The number of aliphatic carboxylic acids is 1. The van der Waals surface area contributed by atoms with Crippen molar-refractivity contribution >= 4 is 5.97 Å². The number of fused-ring (bicyclic) bond motifs is 3. The Morgan fingerprint density at radius 3 is 2.78 bits per heavy atom. The lowest BCUT2D eigenvalue weighted by molar-refractivity contribution is -0.191. The Morgan fingerprint density at radius 1 is 1.19 bits per heavy atom. The van der Waals surface area contributed by atoms with Gasteiger partial charge in [-0.05, 0) is 81.1 Å². The topological polar surface area (TPSA) is 76.8 Å². The van der Waals surface area contributed by atoms with Gasteiger partial charge in [0.25, 0.3) is 0 Å². The van der Waals surface area contributed by atoms with Crippen molar-refractivity contribution in [3.05, 3.63) is 11.6 Å². The smallest absolute Gasteiger partial charge is 0.316 e. The van der Waals surface area contributed by atoms with Crippen LogP contribution in [-0.4, -0.2) is 71.8 Å². The second kappa shape index (κ2) is 8.29. The average Bonchev–Trinajstić information content (AvgIpc) is 3.67. The van der Waals surface area contributed by atoms with Gasteiger partial charge in [-0.15, -0.1) is 0 Å². The fourth-order valence-corrected chi connectivity index (χ4v) is 11.5.